The van der Waals surface area contributed by atoms with Gasteiger partial charge >= 0.3 is 0 Å². The summed E-state index contributed by atoms with van der Waals surface area (Å²) in [4.78, 5) is 14.1. The molecule has 1 aromatic rings. The van der Waals surface area contributed by atoms with Crippen LogP contribution < -0.4 is 0 Å². The normalized spacial score (nSPS) is 24.3. The van der Waals surface area contributed by atoms with Gasteiger partial charge in [-0.25, -0.2) is 0 Å². The molecule has 1 saturated heterocycles. The lowest BCUT2D eigenvalue weighted by molar-refractivity contribution is 0.0703. The van der Waals surface area contributed by atoms with Gasteiger partial charge in [0.25, 0.3) is 5.91 Å². The van der Waals surface area contributed by atoms with E-state index in [4.69, 9.17) is 16.0 Å². The number of likely N-dealkylation sites (tertiary alicyclic amines) is 1. The van der Waals surface area contributed by atoms with Gasteiger partial charge in [-0.3, -0.25) is 4.79 Å². The van der Waals surface area contributed by atoms with Crippen molar-refractivity contribution in [2.75, 3.05) is 12.4 Å². The lowest BCUT2D eigenvalue weighted by Crippen LogP contribution is -2.38. The van der Waals surface area contributed by atoms with Crippen molar-refractivity contribution in [3.05, 3.63) is 23.7 Å². The predicted octanol–water partition coefficient (Wildman–Crippen LogP) is 2.93. The van der Waals surface area contributed by atoms with E-state index in [1.807, 2.05) is 17.9 Å². The van der Waals surface area contributed by atoms with E-state index in [0.717, 1.165) is 25.1 Å². The fourth-order valence-electron chi connectivity index (χ4n) is 2.32. The molecule has 17 heavy (non-hydrogen) atoms. The molecule has 1 aromatic heterocycles. The number of hydrogen-bond donors (Lipinski definition) is 0. The Hall–Kier alpha value is -0.960. The monoisotopic (exact) mass is 255 g/mol. The van der Waals surface area contributed by atoms with Gasteiger partial charge in [-0.2, -0.15) is 0 Å². The molecule has 1 amide bonds. The Morgan fingerprint density at radius 3 is 2.94 bits per heavy atom. The molecule has 3 nitrogen and oxygen atoms in total. The van der Waals surface area contributed by atoms with Crippen LogP contribution in [0.3, 0.4) is 0 Å². The third-order valence-corrected chi connectivity index (χ3v) is 3.84. The Bertz CT molecular complexity index is 402. The molecular weight excluding hydrogens is 238 g/mol. The minimum atomic E-state index is -0.0281. The lowest BCUT2D eigenvalue weighted by atomic mass is 10.1. The summed E-state index contributed by atoms with van der Waals surface area (Å²) in [5.74, 6) is 2.22. The van der Waals surface area contributed by atoms with Crippen molar-refractivity contribution in [3.8, 4) is 0 Å². The number of aryl methyl sites for hydroxylation is 1. The van der Waals surface area contributed by atoms with Crippen molar-refractivity contribution in [2.45, 2.75) is 32.7 Å². The fourth-order valence-corrected chi connectivity index (χ4v) is 2.79. The first kappa shape index (κ1) is 12.5. The molecule has 2 atom stereocenters. The molecule has 1 fully saturated rings. The summed E-state index contributed by atoms with van der Waals surface area (Å²) in [7, 11) is 0. The Labute approximate surface area is 107 Å². The van der Waals surface area contributed by atoms with Gasteiger partial charge < -0.3 is 9.32 Å². The summed E-state index contributed by atoms with van der Waals surface area (Å²) in [5, 5.41) is 0. The highest BCUT2D eigenvalue weighted by Gasteiger charge is 2.35. The summed E-state index contributed by atoms with van der Waals surface area (Å²) < 4.78 is 5.50. The van der Waals surface area contributed by atoms with E-state index in [1.165, 1.54) is 0 Å². The smallest absolute Gasteiger partial charge is 0.289 e. The highest BCUT2D eigenvalue weighted by molar-refractivity contribution is 6.18. The highest BCUT2D eigenvalue weighted by Crippen LogP contribution is 2.27. The largest absolute Gasteiger partial charge is 0.456 e. The van der Waals surface area contributed by atoms with Crippen LogP contribution >= 0.6 is 11.6 Å². The van der Waals surface area contributed by atoms with E-state index in [1.54, 1.807) is 6.07 Å². The summed E-state index contributed by atoms with van der Waals surface area (Å²) >= 11 is 5.94. The first-order chi connectivity index (χ1) is 8.17. The van der Waals surface area contributed by atoms with Crippen LogP contribution in [0.15, 0.2) is 16.5 Å². The van der Waals surface area contributed by atoms with Crippen LogP contribution in [0.5, 0.6) is 0 Å². The summed E-state index contributed by atoms with van der Waals surface area (Å²) in [6, 6.07) is 3.76. The van der Waals surface area contributed by atoms with Crippen LogP contribution in [-0.2, 0) is 6.42 Å². The first-order valence-corrected chi connectivity index (χ1v) is 6.66. The molecule has 0 aliphatic carbocycles. The molecule has 1 aliphatic rings. The van der Waals surface area contributed by atoms with Crippen LogP contribution in [-0.4, -0.2) is 29.3 Å². The van der Waals surface area contributed by atoms with Crippen molar-refractivity contribution in [1.29, 1.82) is 0 Å². The van der Waals surface area contributed by atoms with Gasteiger partial charge in [0, 0.05) is 24.9 Å². The average Bonchev–Trinajstić information content (AvgIpc) is 2.94. The molecule has 0 radical (unpaired) electrons. The Balaban J connectivity index is 2.14. The van der Waals surface area contributed by atoms with Gasteiger partial charge in [0.2, 0.25) is 0 Å². The second kappa shape index (κ2) is 5.13. The number of carbonyl (C=O) groups excluding carboxylic acids is 1. The number of rotatable bonds is 3. The van der Waals surface area contributed by atoms with Crippen molar-refractivity contribution >= 4 is 17.5 Å². The summed E-state index contributed by atoms with van der Waals surface area (Å²) in [5.41, 5.74) is 0. The van der Waals surface area contributed by atoms with Gasteiger partial charge in [-0.1, -0.05) is 13.8 Å². The third kappa shape index (κ3) is 2.34. The van der Waals surface area contributed by atoms with Crippen LogP contribution in [0.25, 0.3) is 0 Å². The maximum absolute atomic E-state index is 12.3. The van der Waals surface area contributed by atoms with Gasteiger partial charge in [0.15, 0.2) is 5.76 Å². The zero-order valence-electron chi connectivity index (χ0n) is 10.3. The second-order valence-corrected chi connectivity index (χ2v) is 4.91. The van der Waals surface area contributed by atoms with Gasteiger partial charge in [0.1, 0.15) is 5.76 Å². The Morgan fingerprint density at radius 2 is 2.35 bits per heavy atom. The summed E-state index contributed by atoms with van der Waals surface area (Å²) in [6.45, 7) is 4.92. The van der Waals surface area contributed by atoms with Crippen molar-refractivity contribution < 1.29 is 9.21 Å². The van der Waals surface area contributed by atoms with Crippen molar-refractivity contribution in [1.82, 2.24) is 4.90 Å². The van der Waals surface area contributed by atoms with E-state index < -0.39 is 0 Å². The number of nitrogens with zero attached hydrogens (tertiary/aromatic N) is 1. The quantitative estimate of drug-likeness (QED) is 0.778. The second-order valence-electron chi connectivity index (χ2n) is 4.61. The molecule has 2 heterocycles. The van der Waals surface area contributed by atoms with Crippen LogP contribution in [0, 0.1) is 5.92 Å². The van der Waals surface area contributed by atoms with E-state index in [-0.39, 0.29) is 11.9 Å². The first-order valence-electron chi connectivity index (χ1n) is 6.13. The van der Waals surface area contributed by atoms with Crippen molar-refractivity contribution in [3.63, 3.8) is 0 Å². The molecule has 2 unspecified atom stereocenters. The van der Waals surface area contributed by atoms with Gasteiger partial charge in [-0.15, -0.1) is 11.6 Å². The molecule has 4 heteroatoms. The fraction of sp³-hybridized carbons (Fsp3) is 0.615. The van der Waals surface area contributed by atoms with Crippen LogP contribution in [0.2, 0.25) is 0 Å². The zero-order valence-corrected chi connectivity index (χ0v) is 11.0. The molecule has 2 rings (SSSR count). The molecule has 94 valence electrons. The number of alkyl halides is 1. The molecule has 0 N–H and O–H groups in total. The van der Waals surface area contributed by atoms with Crippen LogP contribution in [0.1, 0.15) is 36.6 Å². The number of halogens is 1. The van der Waals surface area contributed by atoms with E-state index in [0.29, 0.717) is 17.6 Å². The lowest BCUT2D eigenvalue weighted by Gasteiger charge is -2.24. The molecule has 0 aromatic carbocycles. The van der Waals surface area contributed by atoms with Gasteiger partial charge in [-0.05, 0) is 24.5 Å². The third-order valence-electron chi connectivity index (χ3n) is 3.52. The van der Waals surface area contributed by atoms with Gasteiger partial charge in [0.05, 0.1) is 0 Å². The molecule has 1 aliphatic heterocycles. The predicted molar refractivity (Wildman–Crippen MR) is 67.4 cm³/mol. The maximum Gasteiger partial charge on any atom is 0.289 e. The number of carbonyl (C=O) groups is 1. The van der Waals surface area contributed by atoms with Crippen LogP contribution in [0.4, 0.5) is 0 Å². The zero-order chi connectivity index (χ0) is 12.4. The van der Waals surface area contributed by atoms with E-state index >= 15 is 0 Å². The summed E-state index contributed by atoms with van der Waals surface area (Å²) in [6.07, 6.45) is 1.83. The number of amides is 1. The van der Waals surface area contributed by atoms with E-state index in [2.05, 4.69) is 6.92 Å². The minimum Gasteiger partial charge on any atom is -0.456 e. The standard InChI is InChI=1S/C13H18ClNO2/c1-3-10-4-5-12(17-10)13(16)15-7-6-9(2)11(15)8-14/h4-5,9,11H,3,6-8H2,1-2H3. The maximum atomic E-state index is 12.3. The average molecular weight is 256 g/mol. The molecule has 0 spiro atoms. The van der Waals surface area contributed by atoms with E-state index in [9.17, 15) is 4.79 Å². The minimum absolute atomic E-state index is 0.0281. The number of hydrogen-bond acceptors (Lipinski definition) is 2. The Morgan fingerprint density at radius 1 is 1.59 bits per heavy atom. The Kier molecular flexibility index (Phi) is 3.77. The topological polar surface area (TPSA) is 33.5 Å². The molecular formula is C13H18ClNO2. The molecule has 0 bridgehead atoms. The molecule has 0 saturated carbocycles. The SMILES string of the molecule is CCc1ccc(C(=O)N2CCC(C)C2CCl)o1. The highest BCUT2D eigenvalue weighted by atomic mass is 35.5. The van der Waals surface area contributed by atoms with Crippen molar-refractivity contribution in [2.24, 2.45) is 5.92 Å². The number of furan rings is 1.